The summed E-state index contributed by atoms with van der Waals surface area (Å²) in [4.78, 5) is 0.153. The summed E-state index contributed by atoms with van der Waals surface area (Å²) < 4.78 is 28.6. The zero-order chi connectivity index (χ0) is 14.8. The van der Waals surface area contributed by atoms with Gasteiger partial charge in [-0.25, -0.2) is 8.42 Å². The molecule has 0 bridgehead atoms. The first-order valence-corrected chi connectivity index (χ1v) is 7.69. The van der Waals surface area contributed by atoms with Crippen molar-refractivity contribution in [2.75, 3.05) is 4.72 Å². The lowest BCUT2D eigenvalue weighted by atomic mass is 10.2. The predicted octanol–water partition coefficient (Wildman–Crippen LogP) is 1.28. The van der Waals surface area contributed by atoms with E-state index in [0.29, 0.717) is 23.4 Å². The highest BCUT2D eigenvalue weighted by atomic mass is 32.2. The van der Waals surface area contributed by atoms with Crippen LogP contribution in [0.5, 0.6) is 0 Å². The monoisotopic (exact) mass is 295 g/mol. The van der Waals surface area contributed by atoms with Gasteiger partial charge in [-0.2, -0.15) is 5.10 Å². The van der Waals surface area contributed by atoms with Crippen LogP contribution < -0.4 is 4.72 Å². The van der Waals surface area contributed by atoms with Crippen LogP contribution in [0, 0.1) is 0 Å². The molecule has 0 aliphatic rings. The highest BCUT2D eigenvalue weighted by molar-refractivity contribution is 7.92. The highest BCUT2D eigenvalue weighted by Crippen LogP contribution is 2.19. The van der Waals surface area contributed by atoms with E-state index in [2.05, 4.69) is 9.82 Å². The molecule has 2 N–H and O–H groups in total. The predicted molar refractivity (Wildman–Crippen MR) is 75.8 cm³/mol. The van der Waals surface area contributed by atoms with E-state index in [1.807, 2.05) is 6.92 Å². The van der Waals surface area contributed by atoms with Crippen molar-refractivity contribution in [3.05, 3.63) is 41.7 Å². The number of anilines is 1. The molecule has 0 amide bonds. The molecule has 2 aromatic rings. The van der Waals surface area contributed by atoms with Crippen LogP contribution in [0.15, 0.2) is 35.4 Å². The fourth-order valence-corrected chi connectivity index (χ4v) is 2.93. The molecule has 0 aliphatic heterocycles. The third-order valence-electron chi connectivity index (χ3n) is 2.90. The normalized spacial score (nSPS) is 11.6. The quantitative estimate of drug-likeness (QED) is 0.870. The number of aliphatic hydroxyl groups excluding tert-OH is 1. The number of rotatable bonds is 5. The second-order valence-corrected chi connectivity index (χ2v) is 6.11. The van der Waals surface area contributed by atoms with Gasteiger partial charge in [-0.3, -0.25) is 9.40 Å². The molecule has 0 unspecified atom stereocenters. The molecule has 7 heteroatoms. The van der Waals surface area contributed by atoms with Crippen molar-refractivity contribution < 1.29 is 13.5 Å². The molecular formula is C13H17N3O3S. The smallest absolute Gasteiger partial charge is 0.262 e. The first-order chi connectivity index (χ1) is 9.46. The zero-order valence-corrected chi connectivity index (χ0v) is 12.2. The van der Waals surface area contributed by atoms with Crippen LogP contribution in [0.4, 0.5) is 5.69 Å². The van der Waals surface area contributed by atoms with Crippen molar-refractivity contribution in [1.29, 1.82) is 0 Å². The van der Waals surface area contributed by atoms with Gasteiger partial charge in [0.25, 0.3) is 10.0 Å². The molecule has 2 rings (SSSR count). The Morgan fingerprint density at radius 3 is 2.50 bits per heavy atom. The summed E-state index contributed by atoms with van der Waals surface area (Å²) in [5, 5.41) is 13.2. The third-order valence-corrected chi connectivity index (χ3v) is 4.28. The molecule has 1 aromatic carbocycles. The summed E-state index contributed by atoms with van der Waals surface area (Å²) in [6, 6.07) is 6.10. The minimum atomic E-state index is -3.64. The Morgan fingerprint density at radius 2 is 1.95 bits per heavy atom. The van der Waals surface area contributed by atoms with E-state index in [9.17, 15) is 8.42 Å². The van der Waals surface area contributed by atoms with E-state index in [1.165, 1.54) is 12.1 Å². The SMILES string of the molecule is CCc1nn(C)cc1NS(=O)(=O)c1ccc(CO)cc1. The molecule has 1 aromatic heterocycles. The second kappa shape index (κ2) is 5.64. The van der Waals surface area contributed by atoms with Crippen LogP contribution >= 0.6 is 0 Å². The topological polar surface area (TPSA) is 84.2 Å². The first kappa shape index (κ1) is 14.5. The number of benzene rings is 1. The van der Waals surface area contributed by atoms with Crippen molar-refractivity contribution >= 4 is 15.7 Å². The number of sulfonamides is 1. The van der Waals surface area contributed by atoms with Crippen LogP contribution in [-0.4, -0.2) is 23.3 Å². The van der Waals surface area contributed by atoms with Crippen molar-refractivity contribution in [1.82, 2.24) is 9.78 Å². The fraction of sp³-hybridized carbons (Fsp3) is 0.308. The van der Waals surface area contributed by atoms with Gasteiger partial charge in [-0.1, -0.05) is 19.1 Å². The van der Waals surface area contributed by atoms with Crippen LogP contribution in [0.1, 0.15) is 18.2 Å². The van der Waals surface area contributed by atoms with Gasteiger partial charge in [0, 0.05) is 13.2 Å². The number of aliphatic hydroxyl groups is 1. The van der Waals surface area contributed by atoms with Crippen molar-refractivity contribution in [2.24, 2.45) is 7.05 Å². The van der Waals surface area contributed by atoms with Crippen LogP contribution in [0.25, 0.3) is 0 Å². The van der Waals surface area contributed by atoms with E-state index in [4.69, 9.17) is 5.11 Å². The Kier molecular flexibility index (Phi) is 4.10. The van der Waals surface area contributed by atoms with Gasteiger partial charge in [0.1, 0.15) is 0 Å². The lowest BCUT2D eigenvalue weighted by Crippen LogP contribution is -2.13. The number of hydrogen-bond acceptors (Lipinski definition) is 4. The van der Waals surface area contributed by atoms with Crippen LogP contribution in [-0.2, 0) is 30.1 Å². The van der Waals surface area contributed by atoms with E-state index < -0.39 is 10.0 Å². The average molecular weight is 295 g/mol. The molecule has 0 saturated carbocycles. The second-order valence-electron chi connectivity index (χ2n) is 4.42. The standard InChI is InChI=1S/C13H17N3O3S/c1-3-12-13(8-16(2)14-12)15-20(18,19)11-6-4-10(9-17)5-7-11/h4-8,15,17H,3,9H2,1-2H3. The number of hydrogen-bond donors (Lipinski definition) is 2. The van der Waals surface area contributed by atoms with Crippen molar-refractivity contribution in [3.63, 3.8) is 0 Å². The van der Waals surface area contributed by atoms with Gasteiger partial charge in [-0.15, -0.1) is 0 Å². The Bertz CT molecular complexity index is 690. The molecule has 108 valence electrons. The zero-order valence-electron chi connectivity index (χ0n) is 11.4. The van der Waals surface area contributed by atoms with Crippen LogP contribution in [0.3, 0.4) is 0 Å². The largest absolute Gasteiger partial charge is 0.392 e. The Labute approximate surface area is 118 Å². The van der Waals surface area contributed by atoms with E-state index in [1.54, 1.807) is 30.1 Å². The van der Waals surface area contributed by atoms with Gasteiger partial charge < -0.3 is 5.11 Å². The third kappa shape index (κ3) is 3.00. The lowest BCUT2D eigenvalue weighted by Gasteiger charge is -2.07. The number of aryl methyl sites for hydroxylation is 2. The molecular weight excluding hydrogens is 278 g/mol. The minimum absolute atomic E-state index is 0.115. The number of aromatic nitrogens is 2. The van der Waals surface area contributed by atoms with Gasteiger partial charge in [-0.05, 0) is 24.1 Å². The molecule has 0 aliphatic carbocycles. The lowest BCUT2D eigenvalue weighted by molar-refractivity contribution is 0.282. The maximum Gasteiger partial charge on any atom is 0.262 e. The molecule has 1 heterocycles. The number of nitrogens with one attached hydrogen (secondary N) is 1. The molecule has 0 fully saturated rings. The highest BCUT2D eigenvalue weighted by Gasteiger charge is 2.17. The van der Waals surface area contributed by atoms with Crippen molar-refractivity contribution in [3.8, 4) is 0 Å². The molecule has 0 radical (unpaired) electrons. The minimum Gasteiger partial charge on any atom is -0.392 e. The van der Waals surface area contributed by atoms with Crippen molar-refractivity contribution in [2.45, 2.75) is 24.8 Å². The summed E-state index contributed by atoms with van der Waals surface area (Å²) >= 11 is 0. The maximum absolute atomic E-state index is 12.3. The Hall–Kier alpha value is -1.86. The molecule has 6 nitrogen and oxygen atoms in total. The molecule has 0 saturated heterocycles. The van der Waals surface area contributed by atoms with Gasteiger partial charge >= 0.3 is 0 Å². The van der Waals surface area contributed by atoms with Gasteiger partial charge in [0.2, 0.25) is 0 Å². The van der Waals surface area contributed by atoms with Gasteiger partial charge in [0.05, 0.1) is 22.9 Å². The summed E-state index contributed by atoms with van der Waals surface area (Å²) in [6.07, 6.45) is 2.28. The van der Waals surface area contributed by atoms with Gasteiger partial charge in [0.15, 0.2) is 0 Å². The molecule has 0 atom stereocenters. The summed E-state index contributed by atoms with van der Waals surface area (Å²) in [6.45, 7) is 1.80. The average Bonchev–Trinajstić information content (AvgIpc) is 2.78. The van der Waals surface area contributed by atoms with Crippen LogP contribution in [0.2, 0.25) is 0 Å². The number of nitrogens with zero attached hydrogens (tertiary/aromatic N) is 2. The maximum atomic E-state index is 12.3. The fourth-order valence-electron chi connectivity index (χ4n) is 1.86. The summed E-state index contributed by atoms with van der Waals surface area (Å²) in [5.41, 5.74) is 1.85. The summed E-state index contributed by atoms with van der Waals surface area (Å²) in [5.74, 6) is 0. The Morgan fingerprint density at radius 1 is 1.30 bits per heavy atom. The molecule has 0 spiro atoms. The van der Waals surface area contributed by atoms with E-state index in [0.717, 1.165) is 0 Å². The van der Waals surface area contributed by atoms with E-state index in [-0.39, 0.29) is 11.5 Å². The Balaban J connectivity index is 2.30. The first-order valence-electron chi connectivity index (χ1n) is 6.21. The molecule has 20 heavy (non-hydrogen) atoms. The summed E-state index contributed by atoms with van der Waals surface area (Å²) in [7, 11) is -1.90. The van der Waals surface area contributed by atoms with E-state index >= 15 is 0 Å².